The topological polar surface area (TPSA) is 66.4 Å². The number of hydrogen-bond donors (Lipinski definition) is 2. The Morgan fingerprint density at radius 1 is 1.35 bits per heavy atom. The predicted molar refractivity (Wildman–Crippen MR) is 67.6 cm³/mol. The highest BCUT2D eigenvalue weighted by Gasteiger charge is 2.27. The molecule has 0 heterocycles. The Bertz CT molecular complexity index is 317. The molecule has 0 aromatic carbocycles. The second kappa shape index (κ2) is 6.42. The number of aliphatic carboxylic acids is 1. The summed E-state index contributed by atoms with van der Waals surface area (Å²) >= 11 is 0. The largest absolute Gasteiger partial charge is 0.478 e. The minimum atomic E-state index is -0.971. The Labute approximate surface area is 103 Å². The molecule has 0 unspecified atom stereocenters. The van der Waals surface area contributed by atoms with Crippen LogP contribution in [0.1, 0.15) is 41.0 Å². The maximum Gasteiger partial charge on any atom is 0.328 e. The van der Waals surface area contributed by atoms with Crippen LogP contribution in [0, 0.1) is 11.3 Å². The van der Waals surface area contributed by atoms with E-state index < -0.39 is 11.4 Å². The fourth-order valence-corrected chi connectivity index (χ4v) is 1.58. The van der Waals surface area contributed by atoms with E-state index in [0.717, 1.165) is 6.08 Å². The van der Waals surface area contributed by atoms with Crippen molar-refractivity contribution in [3.05, 3.63) is 11.6 Å². The highest BCUT2D eigenvalue weighted by atomic mass is 16.4. The molecule has 0 aromatic heterocycles. The van der Waals surface area contributed by atoms with Gasteiger partial charge in [-0.2, -0.15) is 0 Å². The van der Waals surface area contributed by atoms with Crippen LogP contribution in [0.2, 0.25) is 0 Å². The number of carbonyl (C=O) groups is 2. The Morgan fingerprint density at radius 3 is 2.29 bits per heavy atom. The molecule has 0 fully saturated rings. The van der Waals surface area contributed by atoms with Gasteiger partial charge in [-0.05, 0) is 19.3 Å². The Morgan fingerprint density at radius 2 is 1.88 bits per heavy atom. The van der Waals surface area contributed by atoms with Crippen LogP contribution in [0.5, 0.6) is 0 Å². The second-order valence-corrected chi connectivity index (χ2v) is 5.49. The number of rotatable bonds is 6. The Hall–Kier alpha value is -1.32. The summed E-state index contributed by atoms with van der Waals surface area (Å²) in [7, 11) is 0. The van der Waals surface area contributed by atoms with E-state index in [1.165, 1.54) is 0 Å². The lowest BCUT2D eigenvalue weighted by molar-refractivity contribution is -0.132. The molecule has 1 amide bonds. The summed E-state index contributed by atoms with van der Waals surface area (Å²) < 4.78 is 0. The molecule has 0 spiro atoms. The van der Waals surface area contributed by atoms with Gasteiger partial charge in [-0.15, -0.1) is 0 Å². The summed E-state index contributed by atoms with van der Waals surface area (Å²) in [5, 5.41) is 11.5. The number of carbonyl (C=O) groups excluding carboxylic acids is 1. The molecule has 0 atom stereocenters. The van der Waals surface area contributed by atoms with Crippen LogP contribution in [-0.2, 0) is 9.59 Å². The number of hydrogen-bond acceptors (Lipinski definition) is 2. The monoisotopic (exact) mass is 241 g/mol. The summed E-state index contributed by atoms with van der Waals surface area (Å²) in [6, 6.07) is 0. The van der Waals surface area contributed by atoms with Crippen molar-refractivity contribution < 1.29 is 14.7 Å². The maximum atomic E-state index is 11.9. The molecule has 0 aliphatic heterocycles. The van der Waals surface area contributed by atoms with Crippen molar-refractivity contribution in [1.29, 1.82) is 0 Å². The fourth-order valence-electron chi connectivity index (χ4n) is 1.58. The van der Waals surface area contributed by atoms with Crippen LogP contribution in [0.15, 0.2) is 11.6 Å². The van der Waals surface area contributed by atoms with E-state index in [2.05, 4.69) is 5.32 Å². The molecule has 0 bridgehead atoms. The molecule has 0 saturated carbocycles. The van der Waals surface area contributed by atoms with Gasteiger partial charge in [0.25, 0.3) is 0 Å². The van der Waals surface area contributed by atoms with Gasteiger partial charge < -0.3 is 10.4 Å². The Kier molecular flexibility index (Phi) is 5.93. The smallest absolute Gasteiger partial charge is 0.328 e. The van der Waals surface area contributed by atoms with Gasteiger partial charge in [-0.3, -0.25) is 4.79 Å². The molecule has 0 aliphatic carbocycles. The van der Waals surface area contributed by atoms with Crippen LogP contribution in [0.25, 0.3) is 0 Å². The van der Waals surface area contributed by atoms with E-state index in [9.17, 15) is 9.59 Å². The minimum Gasteiger partial charge on any atom is -0.478 e. The normalized spacial score (nSPS) is 12.7. The van der Waals surface area contributed by atoms with Gasteiger partial charge in [0.15, 0.2) is 0 Å². The molecule has 4 nitrogen and oxygen atoms in total. The SMILES string of the molecule is C/C(=C\C(=O)O)CC(C)(C)C(=O)NCC(C)C. The first-order valence-electron chi connectivity index (χ1n) is 5.83. The maximum absolute atomic E-state index is 11.9. The van der Waals surface area contributed by atoms with Gasteiger partial charge in [-0.1, -0.05) is 33.3 Å². The predicted octanol–water partition coefficient (Wildman–Crippen LogP) is 2.21. The molecule has 0 rings (SSSR count). The number of carboxylic acid groups (broad SMARTS) is 1. The van der Waals surface area contributed by atoms with Crippen LogP contribution < -0.4 is 5.32 Å². The summed E-state index contributed by atoms with van der Waals surface area (Å²) in [5.41, 5.74) is 0.118. The number of nitrogens with one attached hydrogen (secondary N) is 1. The summed E-state index contributed by atoms with van der Waals surface area (Å²) in [4.78, 5) is 22.4. The van der Waals surface area contributed by atoms with Gasteiger partial charge in [0.2, 0.25) is 5.91 Å². The van der Waals surface area contributed by atoms with Crippen LogP contribution in [-0.4, -0.2) is 23.5 Å². The standard InChI is InChI=1S/C13H23NO3/c1-9(2)8-14-12(17)13(4,5)7-10(3)6-11(15)16/h6,9H,7-8H2,1-5H3,(H,14,17)(H,15,16)/b10-6+. The van der Waals surface area contributed by atoms with Crippen molar-refractivity contribution >= 4 is 11.9 Å². The lowest BCUT2D eigenvalue weighted by Gasteiger charge is -2.24. The lowest BCUT2D eigenvalue weighted by Crippen LogP contribution is -2.38. The van der Waals surface area contributed by atoms with Gasteiger partial charge in [0.1, 0.15) is 0 Å². The molecule has 4 heteroatoms. The van der Waals surface area contributed by atoms with E-state index in [4.69, 9.17) is 5.11 Å². The third-order valence-electron chi connectivity index (χ3n) is 2.38. The van der Waals surface area contributed by atoms with Crippen LogP contribution in [0.4, 0.5) is 0 Å². The molecule has 17 heavy (non-hydrogen) atoms. The molecule has 0 aliphatic rings. The number of allylic oxidation sites excluding steroid dienone is 1. The van der Waals surface area contributed by atoms with Crippen molar-refractivity contribution in [2.24, 2.45) is 11.3 Å². The summed E-state index contributed by atoms with van der Waals surface area (Å²) in [6.07, 6.45) is 1.60. The van der Waals surface area contributed by atoms with Crippen molar-refractivity contribution in [3.8, 4) is 0 Å². The van der Waals surface area contributed by atoms with E-state index in [0.29, 0.717) is 24.5 Å². The summed E-state index contributed by atoms with van der Waals surface area (Å²) in [6.45, 7) is 10.1. The van der Waals surface area contributed by atoms with Crippen LogP contribution in [0.3, 0.4) is 0 Å². The number of carboxylic acids is 1. The second-order valence-electron chi connectivity index (χ2n) is 5.49. The van der Waals surface area contributed by atoms with Gasteiger partial charge >= 0.3 is 5.97 Å². The van der Waals surface area contributed by atoms with E-state index in [-0.39, 0.29) is 5.91 Å². The van der Waals surface area contributed by atoms with Crippen molar-refractivity contribution in [3.63, 3.8) is 0 Å². The van der Waals surface area contributed by atoms with Crippen molar-refractivity contribution in [2.45, 2.75) is 41.0 Å². The van der Waals surface area contributed by atoms with Gasteiger partial charge in [-0.25, -0.2) is 4.79 Å². The third-order valence-corrected chi connectivity index (χ3v) is 2.38. The molecular weight excluding hydrogens is 218 g/mol. The Balaban J connectivity index is 4.46. The zero-order valence-corrected chi connectivity index (χ0v) is 11.3. The van der Waals surface area contributed by atoms with E-state index in [1.54, 1.807) is 6.92 Å². The fraction of sp³-hybridized carbons (Fsp3) is 0.692. The first kappa shape index (κ1) is 15.7. The van der Waals surface area contributed by atoms with Crippen LogP contribution >= 0.6 is 0 Å². The van der Waals surface area contributed by atoms with E-state index >= 15 is 0 Å². The zero-order chi connectivity index (χ0) is 13.6. The van der Waals surface area contributed by atoms with Crippen molar-refractivity contribution in [1.82, 2.24) is 5.32 Å². The zero-order valence-electron chi connectivity index (χ0n) is 11.3. The average molecular weight is 241 g/mol. The highest BCUT2D eigenvalue weighted by molar-refractivity contribution is 5.83. The van der Waals surface area contributed by atoms with Gasteiger partial charge in [0, 0.05) is 18.0 Å². The molecule has 0 radical (unpaired) electrons. The lowest BCUT2D eigenvalue weighted by atomic mass is 9.85. The van der Waals surface area contributed by atoms with Crippen molar-refractivity contribution in [2.75, 3.05) is 6.54 Å². The minimum absolute atomic E-state index is 0.0376. The number of amides is 1. The first-order valence-corrected chi connectivity index (χ1v) is 5.83. The quantitative estimate of drug-likeness (QED) is 0.701. The van der Waals surface area contributed by atoms with E-state index in [1.807, 2.05) is 27.7 Å². The average Bonchev–Trinajstić information content (AvgIpc) is 2.11. The molecule has 98 valence electrons. The summed E-state index contributed by atoms with van der Waals surface area (Å²) in [5.74, 6) is -0.601. The molecule has 0 saturated heterocycles. The molecule has 0 aromatic rings. The third kappa shape index (κ3) is 6.76. The molecule has 2 N–H and O–H groups in total. The van der Waals surface area contributed by atoms with Gasteiger partial charge in [0.05, 0.1) is 0 Å². The highest BCUT2D eigenvalue weighted by Crippen LogP contribution is 2.25. The first-order chi connectivity index (χ1) is 7.65. The molecular formula is C13H23NO3.